The number of hydrogen-bond donors (Lipinski definition) is 0. The molecule has 1 aliphatic carbocycles. The smallest absolute Gasteiger partial charge is 0.410 e. The molecule has 0 bridgehead atoms. The molecule has 0 aromatic heterocycles. The summed E-state index contributed by atoms with van der Waals surface area (Å²) in [5, 5.41) is 0. The van der Waals surface area contributed by atoms with Crippen LogP contribution in [0.15, 0.2) is 0 Å². The predicted octanol–water partition coefficient (Wildman–Crippen LogP) is 1.63. The minimum Gasteiger partial charge on any atom is -0.465 e. The second-order valence-electron chi connectivity index (χ2n) is 8.77. The van der Waals surface area contributed by atoms with Gasteiger partial charge in [0.15, 0.2) is 0 Å². The Morgan fingerprint density at radius 1 is 0.968 bits per heavy atom. The number of Topliss-reactive ketones (excluding diaryl/α,β-unsaturated/α-hetero) is 1. The standard InChI is InChI=1S/C22H34N2O7/c1-4-30-20(26)18-10-17(25)13-23(18)11-14-6-7-15-12-24(22(28)29-3)19(9-16(15)8-14)21(27)31-5-2/h14-16,18-19H,4-13H2,1-3H3/t14-,15-,16?,18+,19?/m0/s1. The van der Waals surface area contributed by atoms with Gasteiger partial charge in [-0.2, -0.15) is 0 Å². The molecule has 9 nitrogen and oxygen atoms in total. The van der Waals surface area contributed by atoms with Gasteiger partial charge >= 0.3 is 18.0 Å². The lowest BCUT2D eigenvalue weighted by Crippen LogP contribution is -2.55. The molecule has 0 aromatic rings. The van der Waals surface area contributed by atoms with Gasteiger partial charge in [0.05, 0.1) is 26.9 Å². The number of esters is 2. The van der Waals surface area contributed by atoms with Crippen LogP contribution in [0.4, 0.5) is 4.79 Å². The number of methoxy groups -OCH3 is 1. The molecule has 2 saturated heterocycles. The van der Waals surface area contributed by atoms with Crippen LogP contribution < -0.4 is 0 Å². The van der Waals surface area contributed by atoms with Gasteiger partial charge in [-0.25, -0.2) is 9.59 Å². The van der Waals surface area contributed by atoms with Crippen molar-refractivity contribution in [3.05, 3.63) is 0 Å². The van der Waals surface area contributed by atoms with Crippen molar-refractivity contribution in [1.82, 2.24) is 9.80 Å². The fraction of sp³-hybridized carbons (Fsp3) is 0.818. The molecule has 0 N–H and O–H groups in total. The molecule has 0 radical (unpaired) electrons. The molecular weight excluding hydrogens is 404 g/mol. The van der Waals surface area contributed by atoms with Gasteiger partial charge in [-0.3, -0.25) is 19.4 Å². The largest absolute Gasteiger partial charge is 0.465 e. The van der Waals surface area contributed by atoms with E-state index in [2.05, 4.69) is 0 Å². The lowest BCUT2D eigenvalue weighted by atomic mass is 9.69. The van der Waals surface area contributed by atoms with Gasteiger partial charge < -0.3 is 14.2 Å². The van der Waals surface area contributed by atoms with E-state index < -0.39 is 18.2 Å². The van der Waals surface area contributed by atoms with Crippen LogP contribution in [0.1, 0.15) is 46.0 Å². The van der Waals surface area contributed by atoms with E-state index in [0.29, 0.717) is 38.0 Å². The lowest BCUT2D eigenvalue weighted by molar-refractivity contribution is -0.153. The summed E-state index contributed by atoms with van der Waals surface area (Å²) in [4.78, 5) is 52.5. The molecule has 31 heavy (non-hydrogen) atoms. The number of ketones is 1. The molecule has 174 valence electrons. The van der Waals surface area contributed by atoms with Crippen LogP contribution in [-0.4, -0.2) is 85.7 Å². The minimum absolute atomic E-state index is 0.0699. The first kappa shape index (κ1) is 23.5. The summed E-state index contributed by atoms with van der Waals surface area (Å²) in [6.07, 6.45) is 3.07. The van der Waals surface area contributed by atoms with Gasteiger partial charge in [0.25, 0.3) is 0 Å². The van der Waals surface area contributed by atoms with Gasteiger partial charge in [-0.05, 0) is 57.3 Å². The third kappa shape index (κ3) is 5.37. The van der Waals surface area contributed by atoms with E-state index in [1.54, 1.807) is 13.8 Å². The average Bonchev–Trinajstić information content (AvgIpc) is 3.12. The van der Waals surface area contributed by atoms with Crippen LogP contribution in [0.3, 0.4) is 0 Å². The molecule has 1 saturated carbocycles. The average molecular weight is 439 g/mol. The van der Waals surface area contributed by atoms with E-state index >= 15 is 0 Å². The molecule has 1 amide bonds. The number of carbonyl (C=O) groups excluding carboxylic acids is 4. The molecular formula is C22H34N2O7. The van der Waals surface area contributed by atoms with E-state index in [1.807, 2.05) is 4.90 Å². The number of nitrogens with zero attached hydrogens (tertiary/aromatic N) is 2. The Morgan fingerprint density at radius 3 is 2.29 bits per heavy atom. The van der Waals surface area contributed by atoms with E-state index in [9.17, 15) is 19.2 Å². The van der Waals surface area contributed by atoms with Gasteiger partial charge in [-0.15, -0.1) is 0 Å². The van der Waals surface area contributed by atoms with E-state index in [-0.39, 0.29) is 43.2 Å². The second kappa shape index (κ2) is 10.4. The summed E-state index contributed by atoms with van der Waals surface area (Å²) in [7, 11) is 1.32. The molecule has 2 aliphatic heterocycles. The fourth-order valence-corrected chi connectivity index (χ4v) is 5.43. The van der Waals surface area contributed by atoms with Gasteiger partial charge in [0.1, 0.15) is 17.9 Å². The van der Waals surface area contributed by atoms with Crippen molar-refractivity contribution in [2.45, 2.75) is 58.0 Å². The van der Waals surface area contributed by atoms with Gasteiger partial charge in [0.2, 0.25) is 0 Å². The van der Waals surface area contributed by atoms with Crippen LogP contribution in [-0.2, 0) is 28.6 Å². The molecule has 0 spiro atoms. The zero-order valence-corrected chi connectivity index (χ0v) is 18.7. The predicted molar refractivity (Wildman–Crippen MR) is 110 cm³/mol. The van der Waals surface area contributed by atoms with Crippen LogP contribution in [0.25, 0.3) is 0 Å². The van der Waals surface area contributed by atoms with Crippen molar-refractivity contribution in [1.29, 1.82) is 0 Å². The normalized spacial score (nSPS) is 31.1. The molecule has 3 aliphatic rings. The molecule has 3 fully saturated rings. The molecule has 9 heteroatoms. The maximum absolute atomic E-state index is 12.5. The van der Waals surface area contributed by atoms with E-state index in [1.165, 1.54) is 12.0 Å². The van der Waals surface area contributed by atoms with Crippen LogP contribution >= 0.6 is 0 Å². The molecule has 2 unspecified atom stereocenters. The molecule has 3 rings (SSSR count). The Labute approximate surface area is 183 Å². The first-order chi connectivity index (χ1) is 14.9. The van der Waals surface area contributed by atoms with Gasteiger partial charge in [-0.1, -0.05) is 0 Å². The number of hydrogen-bond acceptors (Lipinski definition) is 8. The highest BCUT2D eigenvalue weighted by Gasteiger charge is 2.46. The molecule has 0 aromatic carbocycles. The van der Waals surface area contributed by atoms with Crippen molar-refractivity contribution in [3.63, 3.8) is 0 Å². The highest BCUT2D eigenvalue weighted by Crippen LogP contribution is 2.42. The number of ether oxygens (including phenoxy) is 3. The summed E-state index contributed by atoms with van der Waals surface area (Å²) < 4.78 is 15.3. The Hall–Kier alpha value is -2.16. The van der Waals surface area contributed by atoms with Crippen LogP contribution in [0.2, 0.25) is 0 Å². The Bertz CT molecular complexity index is 697. The van der Waals surface area contributed by atoms with Crippen LogP contribution in [0.5, 0.6) is 0 Å². The maximum Gasteiger partial charge on any atom is 0.410 e. The number of rotatable bonds is 6. The lowest BCUT2D eigenvalue weighted by Gasteiger charge is -2.46. The quantitative estimate of drug-likeness (QED) is 0.455. The molecule has 2 heterocycles. The van der Waals surface area contributed by atoms with E-state index in [4.69, 9.17) is 14.2 Å². The number of carbonyl (C=O) groups is 4. The van der Waals surface area contributed by atoms with Crippen molar-refractivity contribution in [2.75, 3.05) is 40.0 Å². The fourth-order valence-electron chi connectivity index (χ4n) is 5.43. The molecule has 5 atom stereocenters. The summed E-state index contributed by atoms with van der Waals surface area (Å²) >= 11 is 0. The third-order valence-electron chi connectivity index (χ3n) is 6.84. The highest BCUT2D eigenvalue weighted by atomic mass is 16.6. The Balaban J connectivity index is 1.65. The van der Waals surface area contributed by atoms with Crippen molar-refractivity contribution in [2.24, 2.45) is 17.8 Å². The Kier molecular flexibility index (Phi) is 7.91. The summed E-state index contributed by atoms with van der Waals surface area (Å²) in [5.41, 5.74) is 0. The minimum atomic E-state index is -0.631. The zero-order valence-electron chi connectivity index (χ0n) is 18.7. The second-order valence-corrected chi connectivity index (χ2v) is 8.77. The number of amides is 1. The van der Waals surface area contributed by atoms with E-state index in [0.717, 1.165) is 19.3 Å². The summed E-state index contributed by atoms with van der Waals surface area (Å²) in [6.45, 7) is 5.52. The first-order valence-electron chi connectivity index (χ1n) is 11.3. The summed E-state index contributed by atoms with van der Waals surface area (Å²) in [6, 6.07) is -1.12. The third-order valence-corrected chi connectivity index (χ3v) is 6.84. The monoisotopic (exact) mass is 438 g/mol. The maximum atomic E-state index is 12.5. The SMILES string of the molecule is CCOC(=O)C1CC2C[C@@H](CN3CC(=O)C[C@@H]3C(=O)OCC)CC[C@H]2CN1C(=O)OC. The van der Waals surface area contributed by atoms with Crippen molar-refractivity contribution >= 4 is 23.8 Å². The summed E-state index contributed by atoms with van der Waals surface area (Å²) in [5.74, 6) is 0.282. The van der Waals surface area contributed by atoms with Crippen LogP contribution in [0, 0.1) is 17.8 Å². The number of fused-ring (bicyclic) bond motifs is 1. The van der Waals surface area contributed by atoms with Gasteiger partial charge in [0, 0.05) is 19.5 Å². The number of likely N-dealkylation sites (tertiary alicyclic amines) is 2. The topological polar surface area (TPSA) is 102 Å². The Morgan fingerprint density at radius 2 is 1.65 bits per heavy atom. The number of piperidine rings is 1. The zero-order chi connectivity index (χ0) is 22.5. The first-order valence-corrected chi connectivity index (χ1v) is 11.3. The van der Waals surface area contributed by atoms with Crippen molar-refractivity contribution in [3.8, 4) is 0 Å². The van der Waals surface area contributed by atoms with Crippen molar-refractivity contribution < 1.29 is 33.4 Å². The highest BCUT2D eigenvalue weighted by molar-refractivity contribution is 5.91.